The molecule has 3 aliphatic rings. The zero-order chi connectivity index (χ0) is 17.6. The van der Waals surface area contributed by atoms with Crippen LogP contribution in [0.2, 0.25) is 10.0 Å². The van der Waals surface area contributed by atoms with Crippen molar-refractivity contribution >= 4 is 29.1 Å². The van der Waals surface area contributed by atoms with E-state index in [-0.39, 0.29) is 30.8 Å². The van der Waals surface area contributed by atoms with E-state index in [1.54, 1.807) is 12.1 Å². The Morgan fingerprint density at radius 2 is 1.84 bits per heavy atom. The topological polar surface area (TPSA) is 67.8 Å². The molecule has 1 amide bonds. The van der Waals surface area contributed by atoms with Gasteiger partial charge in [-0.1, -0.05) is 42.1 Å². The van der Waals surface area contributed by atoms with E-state index in [2.05, 4.69) is 5.32 Å². The van der Waals surface area contributed by atoms with Crippen molar-refractivity contribution in [3.05, 3.63) is 33.8 Å². The second kappa shape index (κ2) is 6.71. The lowest BCUT2D eigenvalue weighted by atomic mass is 9.77. The van der Waals surface area contributed by atoms with Gasteiger partial charge in [0, 0.05) is 0 Å². The van der Waals surface area contributed by atoms with Crippen molar-refractivity contribution in [2.75, 3.05) is 13.2 Å². The number of nitrogens with one attached hydrogen (secondary N) is 1. The Morgan fingerprint density at radius 1 is 1.12 bits per heavy atom. The van der Waals surface area contributed by atoms with Crippen LogP contribution in [0.25, 0.3) is 0 Å². The van der Waals surface area contributed by atoms with Gasteiger partial charge in [0.15, 0.2) is 0 Å². The highest BCUT2D eigenvalue weighted by molar-refractivity contribution is 6.42. The fourth-order valence-corrected chi connectivity index (χ4v) is 4.63. The molecule has 0 spiro atoms. The van der Waals surface area contributed by atoms with Crippen molar-refractivity contribution in [1.29, 1.82) is 0 Å². The molecule has 2 N–H and O–H groups in total. The Labute approximate surface area is 156 Å². The van der Waals surface area contributed by atoms with Crippen LogP contribution < -0.4 is 5.32 Å². The Balaban J connectivity index is 1.56. The summed E-state index contributed by atoms with van der Waals surface area (Å²) < 4.78 is 11.2. The molecule has 2 aliphatic heterocycles. The third-order valence-electron chi connectivity index (χ3n) is 5.71. The van der Waals surface area contributed by atoms with E-state index in [0.29, 0.717) is 16.7 Å². The van der Waals surface area contributed by atoms with Gasteiger partial charge in [0.1, 0.15) is 18.3 Å². The van der Waals surface area contributed by atoms with Gasteiger partial charge in [0.2, 0.25) is 5.91 Å². The Morgan fingerprint density at radius 3 is 2.56 bits per heavy atom. The van der Waals surface area contributed by atoms with E-state index < -0.39 is 11.5 Å². The number of ether oxygens (including phenoxy) is 2. The first kappa shape index (κ1) is 17.6. The molecule has 4 atom stereocenters. The molecule has 0 radical (unpaired) electrons. The molecule has 1 aromatic rings. The van der Waals surface area contributed by atoms with Crippen LogP contribution >= 0.6 is 23.2 Å². The molecule has 0 bridgehead atoms. The molecule has 7 heteroatoms. The summed E-state index contributed by atoms with van der Waals surface area (Å²) in [6.45, 7) is 0.606. The largest absolute Gasteiger partial charge is 0.388 e. The number of amides is 1. The lowest BCUT2D eigenvalue weighted by Crippen LogP contribution is -2.51. The first-order valence-corrected chi connectivity index (χ1v) is 9.45. The van der Waals surface area contributed by atoms with Crippen molar-refractivity contribution in [3.8, 4) is 0 Å². The molecule has 5 nitrogen and oxygen atoms in total. The second-order valence-electron chi connectivity index (χ2n) is 7.16. The van der Waals surface area contributed by atoms with Gasteiger partial charge >= 0.3 is 0 Å². The summed E-state index contributed by atoms with van der Waals surface area (Å²) in [7, 11) is 0. The first-order valence-electron chi connectivity index (χ1n) is 8.69. The number of aliphatic hydroxyl groups excluding tert-OH is 1. The molecule has 1 saturated carbocycles. The monoisotopic (exact) mass is 385 g/mol. The standard InChI is InChI=1S/C18H21Cl2NO4/c19-11-4-3-10(7-12(11)20)18(5-1-2-6-18)17(23)21-13-8-24-16-14(22)9-25-15(13)16/h3-4,7,13-16,22H,1-2,5-6,8-9H2,(H,21,23)/t13-,14-,15-,16-/m1/s1. The minimum absolute atomic E-state index is 0.0253. The quantitative estimate of drug-likeness (QED) is 0.838. The van der Waals surface area contributed by atoms with Crippen LogP contribution in [0, 0.1) is 0 Å². The number of halogens is 2. The van der Waals surface area contributed by atoms with E-state index >= 15 is 0 Å². The van der Waals surface area contributed by atoms with E-state index in [9.17, 15) is 9.90 Å². The van der Waals surface area contributed by atoms with Crippen molar-refractivity contribution in [2.45, 2.75) is 55.5 Å². The number of benzene rings is 1. The number of hydrogen-bond acceptors (Lipinski definition) is 4. The molecule has 1 aliphatic carbocycles. The molecule has 0 unspecified atom stereocenters. The molecule has 3 fully saturated rings. The van der Waals surface area contributed by atoms with Gasteiger partial charge in [0.05, 0.1) is 34.7 Å². The number of rotatable bonds is 3. The van der Waals surface area contributed by atoms with Crippen LogP contribution in [0.4, 0.5) is 0 Å². The van der Waals surface area contributed by atoms with Crippen molar-refractivity contribution in [3.63, 3.8) is 0 Å². The molecule has 0 aromatic heterocycles. The van der Waals surface area contributed by atoms with Crippen LogP contribution in [0.15, 0.2) is 18.2 Å². The second-order valence-corrected chi connectivity index (χ2v) is 7.98. The maximum atomic E-state index is 13.2. The summed E-state index contributed by atoms with van der Waals surface area (Å²) in [5.74, 6) is -0.0253. The first-order chi connectivity index (χ1) is 12.0. The highest BCUT2D eigenvalue weighted by atomic mass is 35.5. The van der Waals surface area contributed by atoms with Gasteiger partial charge in [-0.2, -0.15) is 0 Å². The summed E-state index contributed by atoms with van der Waals surface area (Å²) in [6, 6.07) is 5.20. The summed E-state index contributed by atoms with van der Waals surface area (Å²) >= 11 is 12.2. The van der Waals surface area contributed by atoms with Crippen LogP contribution in [0.5, 0.6) is 0 Å². The Hall–Kier alpha value is -0.850. The summed E-state index contributed by atoms with van der Waals surface area (Å²) in [4.78, 5) is 13.2. The molecule has 2 heterocycles. The van der Waals surface area contributed by atoms with Gasteiger partial charge in [-0.15, -0.1) is 0 Å². The number of aliphatic hydroxyl groups is 1. The highest BCUT2D eigenvalue weighted by Crippen LogP contribution is 2.43. The maximum absolute atomic E-state index is 13.2. The van der Waals surface area contributed by atoms with Crippen LogP contribution in [-0.4, -0.2) is 48.6 Å². The molecule has 4 rings (SSSR count). The molecule has 136 valence electrons. The zero-order valence-corrected chi connectivity index (χ0v) is 15.2. The van der Waals surface area contributed by atoms with Crippen LogP contribution in [0.1, 0.15) is 31.2 Å². The average molecular weight is 386 g/mol. The fourth-order valence-electron chi connectivity index (χ4n) is 4.33. The van der Waals surface area contributed by atoms with E-state index in [1.165, 1.54) is 0 Å². The SMILES string of the molecule is O=C(N[C@@H]1CO[C@H]2[C@@H]1OC[C@H]2O)C1(c2ccc(Cl)c(Cl)c2)CCCC1. The molecule has 2 saturated heterocycles. The van der Waals surface area contributed by atoms with Crippen LogP contribution in [-0.2, 0) is 19.7 Å². The zero-order valence-electron chi connectivity index (χ0n) is 13.7. The maximum Gasteiger partial charge on any atom is 0.231 e. The average Bonchev–Trinajstić information content (AvgIpc) is 3.30. The number of fused-ring (bicyclic) bond motifs is 1. The predicted octanol–water partition coefficient (Wildman–Crippen LogP) is 2.45. The number of hydrogen-bond donors (Lipinski definition) is 2. The van der Waals surface area contributed by atoms with E-state index in [4.69, 9.17) is 32.7 Å². The predicted molar refractivity (Wildman–Crippen MR) is 94.0 cm³/mol. The molecular formula is C18H21Cl2NO4. The molecular weight excluding hydrogens is 365 g/mol. The van der Waals surface area contributed by atoms with Crippen molar-refractivity contribution < 1.29 is 19.4 Å². The number of carbonyl (C=O) groups is 1. The van der Waals surface area contributed by atoms with Crippen molar-refractivity contribution in [1.82, 2.24) is 5.32 Å². The minimum Gasteiger partial charge on any atom is -0.388 e. The highest BCUT2D eigenvalue weighted by Gasteiger charge is 2.50. The third-order valence-corrected chi connectivity index (χ3v) is 6.45. The van der Waals surface area contributed by atoms with Gasteiger partial charge in [0.25, 0.3) is 0 Å². The Bertz CT molecular complexity index is 677. The summed E-state index contributed by atoms with van der Waals surface area (Å²) in [6.07, 6.45) is 2.29. The summed E-state index contributed by atoms with van der Waals surface area (Å²) in [5, 5.41) is 13.9. The minimum atomic E-state index is -0.623. The lowest BCUT2D eigenvalue weighted by Gasteiger charge is -2.31. The van der Waals surface area contributed by atoms with Crippen molar-refractivity contribution in [2.24, 2.45) is 0 Å². The third kappa shape index (κ3) is 2.96. The molecule has 25 heavy (non-hydrogen) atoms. The molecule has 1 aromatic carbocycles. The fraction of sp³-hybridized carbons (Fsp3) is 0.611. The van der Waals surface area contributed by atoms with E-state index in [0.717, 1.165) is 31.2 Å². The van der Waals surface area contributed by atoms with Gasteiger partial charge in [-0.3, -0.25) is 4.79 Å². The van der Waals surface area contributed by atoms with E-state index in [1.807, 2.05) is 6.07 Å². The van der Waals surface area contributed by atoms with Gasteiger partial charge < -0.3 is 19.9 Å². The smallest absolute Gasteiger partial charge is 0.231 e. The lowest BCUT2D eigenvalue weighted by molar-refractivity contribution is -0.128. The Kier molecular flexibility index (Phi) is 4.71. The van der Waals surface area contributed by atoms with Gasteiger partial charge in [-0.05, 0) is 30.5 Å². The van der Waals surface area contributed by atoms with Crippen LogP contribution in [0.3, 0.4) is 0 Å². The summed E-state index contributed by atoms with van der Waals surface area (Å²) in [5.41, 5.74) is 0.309. The number of carbonyl (C=O) groups excluding carboxylic acids is 1. The normalized spacial score (nSPS) is 33.4. The van der Waals surface area contributed by atoms with Gasteiger partial charge in [-0.25, -0.2) is 0 Å².